The Morgan fingerprint density at radius 2 is 1.80 bits per heavy atom. The normalized spacial score (nSPS) is 23.9. The maximum atomic E-state index is 14.2. The van der Waals surface area contributed by atoms with Gasteiger partial charge in [0.2, 0.25) is 11.8 Å². The van der Waals surface area contributed by atoms with Gasteiger partial charge in [-0.15, -0.1) is 0 Å². The number of benzene rings is 2. The smallest absolute Gasteiger partial charge is 0.240 e. The largest absolute Gasteiger partial charge is 0.492 e. The maximum absolute atomic E-state index is 14.2. The molecule has 1 saturated heterocycles. The summed E-state index contributed by atoms with van der Waals surface area (Å²) in [6.07, 6.45) is 1.53. The molecule has 0 saturated carbocycles. The van der Waals surface area contributed by atoms with Crippen molar-refractivity contribution in [2.24, 2.45) is 11.0 Å². The van der Waals surface area contributed by atoms with Gasteiger partial charge in [0.05, 0.1) is 18.2 Å². The molecule has 2 aromatic rings. The van der Waals surface area contributed by atoms with Crippen LogP contribution in [-0.4, -0.2) is 71.7 Å². The molecule has 1 fully saturated rings. The third-order valence-electron chi connectivity index (χ3n) is 7.54. The molecule has 184 valence electrons. The molecule has 35 heavy (non-hydrogen) atoms. The first-order chi connectivity index (χ1) is 16.9. The van der Waals surface area contributed by atoms with E-state index < -0.39 is 5.54 Å². The lowest BCUT2D eigenvalue weighted by Crippen LogP contribution is -2.51. The zero-order chi connectivity index (χ0) is 24.6. The van der Waals surface area contributed by atoms with Crippen molar-refractivity contribution in [3.8, 4) is 5.75 Å². The molecule has 2 amide bonds. The molecule has 0 radical (unpaired) electrons. The Hall–Kier alpha value is -3.26. The molecule has 2 aromatic carbocycles. The summed E-state index contributed by atoms with van der Waals surface area (Å²) >= 11 is 0. The van der Waals surface area contributed by atoms with Crippen LogP contribution >= 0.6 is 0 Å². The first-order valence-electron chi connectivity index (χ1n) is 12.3. The number of nitrogens with zero attached hydrogens (tertiary/aromatic N) is 4. The quantitative estimate of drug-likeness (QED) is 0.662. The fourth-order valence-electron chi connectivity index (χ4n) is 5.78. The first kappa shape index (κ1) is 23.5. The van der Waals surface area contributed by atoms with Gasteiger partial charge in [-0.1, -0.05) is 30.3 Å². The molecule has 3 aliphatic heterocycles. The van der Waals surface area contributed by atoms with E-state index in [0.29, 0.717) is 30.1 Å². The summed E-state index contributed by atoms with van der Waals surface area (Å²) in [7, 11) is 0. The molecule has 3 heterocycles. The molecule has 0 aromatic heterocycles. The van der Waals surface area contributed by atoms with Crippen molar-refractivity contribution in [3.05, 3.63) is 65.5 Å². The number of rotatable bonds is 5. The Kier molecular flexibility index (Phi) is 6.32. The lowest BCUT2D eigenvalue weighted by molar-refractivity contribution is -0.136. The Morgan fingerprint density at radius 1 is 1.06 bits per heavy atom. The second-order valence-corrected chi connectivity index (χ2v) is 9.56. The zero-order valence-electron chi connectivity index (χ0n) is 20.2. The summed E-state index contributed by atoms with van der Waals surface area (Å²) < 4.78 is 20.3. The molecule has 0 unspecified atom stereocenters. The summed E-state index contributed by atoms with van der Waals surface area (Å²) in [4.78, 5) is 28.9. The molecule has 5 rings (SSSR count). The van der Waals surface area contributed by atoms with Crippen LogP contribution < -0.4 is 4.74 Å². The molecule has 7 nitrogen and oxygen atoms in total. The van der Waals surface area contributed by atoms with E-state index >= 15 is 0 Å². The van der Waals surface area contributed by atoms with Crippen LogP contribution in [0.1, 0.15) is 37.8 Å². The number of piperazine rings is 1. The SMILES string of the molecule is CC(=O)N1CCN(CCC[C@]2(c3ccccc3)[C@@H]3COc4ccc(F)cc4C3=NN2C(C)=O)CC1. The van der Waals surface area contributed by atoms with Gasteiger partial charge in [-0.2, -0.15) is 5.10 Å². The van der Waals surface area contributed by atoms with Crippen molar-refractivity contribution in [1.29, 1.82) is 0 Å². The Labute approximate surface area is 205 Å². The van der Waals surface area contributed by atoms with E-state index in [0.717, 1.165) is 44.7 Å². The number of hydrazone groups is 1. The number of hydrogen-bond acceptors (Lipinski definition) is 5. The molecule has 3 aliphatic rings. The van der Waals surface area contributed by atoms with Crippen LogP contribution in [0.5, 0.6) is 5.75 Å². The minimum atomic E-state index is -0.715. The highest BCUT2D eigenvalue weighted by Crippen LogP contribution is 2.49. The van der Waals surface area contributed by atoms with E-state index in [1.165, 1.54) is 19.1 Å². The maximum Gasteiger partial charge on any atom is 0.240 e. The number of halogens is 1. The molecule has 0 spiro atoms. The van der Waals surface area contributed by atoms with E-state index in [1.807, 2.05) is 35.2 Å². The first-order valence-corrected chi connectivity index (χ1v) is 12.3. The van der Waals surface area contributed by atoms with Crippen LogP contribution in [0, 0.1) is 11.7 Å². The van der Waals surface area contributed by atoms with E-state index in [1.54, 1.807) is 18.0 Å². The fourth-order valence-corrected chi connectivity index (χ4v) is 5.78. The Bertz CT molecular complexity index is 1150. The molecule has 0 N–H and O–H groups in total. The van der Waals surface area contributed by atoms with Crippen molar-refractivity contribution < 1.29 is 18.7 Å². The minimum absolute atomic E-state index is 0.120. The molecule has 8 heteroatoms. The summed E-state index contributed by atoms with van der Waals surface area (Å²) in [6.45, 7) is 7.55. The van der Waals surface area contributed by atoms with Crippen molar-refractivity contribution in [1.82, 2.24) is 14.8 Å². The Morgan fingerprint density at radius 3 is 2.49 bits per heavy atom. The summed E-state index contributed by atoms with van der Waals surface area (Å²) in [5, 5.41) is 6.42. The van der Waals surface area contributed by atoms with E-state index in [4.69, 9.17) is 9.84 Å². The van der Waals surface area contributed by atoms with Crippen molar-refractivity contribution in [3.63, 3.8) is 0 Å². The summed E-state index contributed by atoms with van der Waals surface area (Å²) in [6, 6.07) is 14.5. The summed E-state index contributed by atoms with van der Waals surface area (Å²) in [5.74, 6) is -0.0000324. The van der Waals surface area contributed by atoms with E-state index in [9.17, 15) is 14.0 Å². The van der Waals surface area contributed by atoms with Crippen molar-refractivity contribution in [2.75, 3.05) is 39.3 Å². The van der Waals surface area contributed by atoms with Gasteiger partial charge in [-0.25, -0.2) is 9.40 Å². The second kappa shape index (κ2) is 9.41. The van der Waals surface area contributed by atoms with Gasteiger partial charge in [0.1, 0.15) is 17.1 Å². The van der Waals surface area contributed by atoms with Gasteiger partial charge in [0.15, 0.2) is 0 Å². The second-order valence-electron chi connectivity index (χ2n) is 9.56. The highest BCUT2D eigenvalue weighted by molar-refractivity contribution is 6.08. The molecule has 0 bridgehead atoms. The van der Waals surface area contributed by atoms with E-state index in [-0.39, 0.29) is 23.5 Å². The number of amides is 2. The predicted octanol–water partition coefficient (Wildman–Crippen LogP) is 3.24. The van der Waals surface area contributed by atoms with Crippen LogP contribution in [0.2, 0.25) is 0 Å². The van der Waals surface area contributed by atoms with Crippen LogP contribution in [0.3, 0.4) is 0 Å². The van der Waals surface area contributed by atoms with Crippen LogP contribution in [0.25, 0.3) is 0 Å². The lowest BCUT2D eigenvalue weighted by atomic mass is 9.71. The van der Waals surface area contributed by atoms with Gasteiger partial charge in [-0.05, 0) is 43.1 Å². The highest BCUT2D eigenvalue weighted by atomic mass is 19.1. The number of ether oxygens (including phenoxy) is 1. The van der Waals surface area contributed by atoms with Gasteiger partial charge in [0.25, 0.3) is 0 Å². The minimum Gasteiger partial charge on any atom is -0.492 e. The molecule has 0 aliphatic carbocycles. The summed E-state index contributed by atoms with van der Waals surface area (Å²) in [5.41, 5.74) is 1.61. The Balaban J connectivity index is 1.45. The van der Waals surface area contributed by atoms with Crippen LogP contribution in [-0.2, 0) is 15.1 Å². The highest BCUT2D eigenvalue weighted by Gasteiger charge is 2.55. The number of carbonyl (C=O) groups excluding carboxylic acids is 2. The number of hydrogen-bond donors (Lipinski definition) is 0. The third kappa shape index (κ3) is 4.20. The van der Waals surface area contributed by atoms with Gasteiger partial charge >= 0.3 is 0 Å². The molecule has 2 atom stereocenters. The number of carbonyl (C=O) groups is 2. The van der Waals surface area contributed by atoms with Crippen LogP contribution in [0.4, 0.5) is 4.39 Å². The van der Waals surface area contributed by atoms with Crippen molar-refractivity contribution >= 4 is 17.5 Å². The topological polar surface area (TPSA) is 65.5 Å². The van der Waals surface area contributed by atoms with Gasteiger partial charge in [0, 0.05) is 45.6 Å². The van der Waals surface area contributed by atoms with E-state index in [2.05, 4.69) is 4.90 Å². The number of fused-ring (bicyclic) bond motifs is 3. The van der Waals surface area contributed by atoms with Crippen LogP contribution in [0.15, 0.2) is 53.6 Å². The average molecular weight is 479 g/mol. The molecular weight excluding hydrogens is 447 g/mol. The third-order valence-corrected chi connectivity index (χ3v) is 7.54. The van der Waals surface area contributed by atoms with Gasteiger partial charge < -0.3 is 9.64 Å². The molecular formula is C27H31FN4O3. The zero-order valence-corrected chi connectivity index (χ0v) is 20.2. The monoisotopic (exact) mass is 478 g/mol. The average Bonchev–Trinajstić information content (AvgIpc) is 3.21. The van der Waals surface area contributed by atoms with Gasteiger partial charge in [-0.3, -0.25) is 14.5 Å². The standard InChI is InChI=1S/C27H31FN4O3/c1-19(33)31-15-13-30(14-16-31)12-6-11-27(21-7-4-3-5-8-21)24-18-35-25-10-9-22(28)17-23(25)26(24)29-32(27)20(2)34/h3-5,7-10,17,24H,6,11-16,18H2,1-2H3/t24-,27+/m1/s1. The predicted molar refractivity (Wildman–Crippen MR) is 130 cm³/mol. The van der Waals surface area contributed by atoms with Crippen molar-refractivity contribution in [2.45, 2.75) is 32.2 Å². The fraction of sp³-hybridized carbons (Fsp3) is 0.444. The lowest BCUT2D eigenvalue weighted by Gasteiger charge is -2.43.